The third-order valence-electron chi connectivity index (χ3n) is 5.34. The van der Waals surface area contributed by atoms with E-state index in [0.29, 0.717) is 16.6 Å². The minimum atomic E-state index is -0.128. The van der Waals surface area contributed by atoms with Crippen LogP contribution in [-0.2, 0) is 10.2 Å². The molecule has 0 bridgehead atoms. The number of amides is 1. The Kier molecular flexibility index (Phi) is 7.03. The zero-order valence-corrected chi connectivity index (χ0v) is 20.6. The molecule has 1 aromatic heterocycles. The van der Waals surface area contributed by atoms with Crippen LogP contribution in [0.2, 0.25) is 0 Å². The first kappa shape index (κ1) is 23.6. The molecular weight excluding hydrogens is 444 g/mol. The van der Waals surface area contributed by atoms with Gasteiger partial charge in [0.25, 0.3) is 0 Å². The third-order valence-corrected chi connectivity index (χ3v) is 6.27. The highest BCUT2D eigenvalue weighted by molar-refractivity contribution is 7.99. The fourth-order valence-electron chi connectivity index (χ4n) is 3.51. The van der Waals surface area contributed by atoms with Crippen molar-refractivity contribution in [3.8, 4) is 22.8 Å². The molecule has 1 heterocycles. The number of nitrogens with one attached hydrogen (secondary N) is 1. The molecule has 0 radical (unpaired) electrons. The highest BCUT2D eigenvalue weighted by atomic mass is 32.2. The van der Waals surface area contributed by atoms with Crippen LogP contribution in [0.4, 0.5) is 5.69 Å². The summed E-state index contributed by atoms with van der Waals surface area (Å²) in [6.45, 7) is 6.58. The second-order valence-corrected chi connectivity index (χ2v) is 9.82. The summed E-state index contributed by atoms with van der Waals surface area (Å²) in [7, 11) is 1.60. The van der Waals surface area contributed by atoms with Crippen LogP contribution in [0.25, 0.3) is 17.1 Å². The summed E-state index contributed by atoms with van der Waals surface area (Å²) in [4.78, 5) is 12.6. The third kappa shape index (κ3) is 5.48. The van der Waals surface area contributed by atoms with E-state index >= 15 is 0 Å². The zero-order chi connectivity index (χ0) is 24.1. The number of rotatable bonds is 7. The number of anilines is 1. The summed E-state index contributed by atoms with van der Waals surface area (Å²) in [5.41, 5.74) is 3.93. The predicted molar refractivity (Wildman–Crippen MR) is 138 cm³/mol. The van der Waals surface area contributed by atoms with Crippen LogP contribution in [0.5, 0.6) is 5.75 Å². The van der Waals surface area contributed by atoms with Crippen LogP contribution in [0.3, 0.4) is 0 Å². The number of nitrogens with zero attached hydrogens (tertiary/aromatic N) is 3. The Labute approximate surface area is 204 Å². The van der Waals surface area contributed by atoms with Crippen molar-refractivity contribution >= 4 is 23.4 Å². The van der Waals surface area contributed by atoms with Crippen molar-refractivity contribution in [1.82, 2.24) is 14.8 Å². The molecule has 1 N–H and O–H groups in total. The van der Waals surface area contributed by atoms with Crippen molar-refractivity contribution in [2.24, 2.45) is 0 Å². The molecule has 174 valence electrons. The van der Waals surface area contributed by atoms with Crippen LogP contribution in [0, 0.1) is 0 Å². The SMILES string of the molecule is COc1cccc(NC(=O)CSc2nnc(-c3ccc(C(C)(C)C)cc3)n2-c2ccccc2)c1. The van der Waals surface area contributed by atoms with Crippen LogP contribution in [0.15, 0.2) is 84.0 Å². The largest absolute Gasteiger partial charge is 0.497 e. The number of aromatic nitrogens is 3. The summed E-state index contributed by atoms with van der Waals surface area (Å²) < 4.78 is 7.22. The van der Waals surface area contributed by atoms with Crippen LogP contribution in [-0.4, -0.2) is 33.5 Å². The van der Waals surface area contributed by atoms with Gasteiger partial charge in [0.2, 0.25) is 5.91 Å². The Morgan fingerprint density at radius 2 is 1.71 bits per heavy atom. The van der Waals surface area contributed by atoms with E-state index in [9.17, 15) is 4.79 Å². The lowest BCUT2D eigenvalue weighted by molar-refractivity contribution is -0.113. The summed E-state index contributed by atoms with van der Waals surface area (Å²) in [5, 5.41) is 12.5. The second kappa shape index (κ2) is 10.1. The molecule has 1 amide bonds. The van der Waals surface area contributed by atoms with Gasteiger partial charge in [-0.15, -0.1) is 10.2 Å². The van der Waals surface area contributed by atoms with Crippen molar-refractivity contribution in [2.45, 2.75) is 31.3 Å². The van der Waals surface area contributed by atoms with Gasteiger partial charge in [-0.25, -0.2) is 0 Å². The van der Waals surface area contributed by atoms with E-state index in [4.69, 9.17) is 4.74 Å². The molecular formula is C27H28N4O2S. The molecule has 3 aromatic carbocycles. The van der Waals surface area contributed by atoms with Gasteiger partial charge in [-0.3, -0.25) is 9.36 Å². The maximum Gasteiger partial charge on any atom is 0.234 e. The van der Waals surface area contributed by atoms with Gasteiger partial charge in [0.1, 0.15) is 5.75 Å². The average Bonchev–Trinajstić information content (AvgIpc) is 3.27. The van der Waals surface area contributed by atoms with Gasteiger partial charge in [-0.05, 0) is 35.2 Å². The highest BCUT2D eigenvalue weighted by Gasteiger charge is 2.19. The van der Waals surface area contributed by atoms with E-state index in [1.165, 1.54) is 17.3 Å². The zero-order valence-electron chi connectivity index (χ0n) is 19.8. The molecule has 0 saturated heterocycles. The lowest BCUT2D eigenvalue weighted by atomic mass is 9.87. The van der Waals surface area contributed by atoms with E-state index in [1.807, 2.05) is 53.1 Å². The molecule has 34 heavy (non-hydrogen) atoms. The van der Waals surface area contributed by atoms with Gasteiger partial charge in [0.05, 0.1) is 12.9 Å². The van der Waals surface area contributed by atoms with Crippen molar-refractivity contribution in [3.63, 3.8) is 0 Å². The van der Waals surface area contributed by atoms with Crippen molar-refractivity contribution < 1.29 is 9.53 Å². The smallest absolute Gasteiger partial charge is 0.234 e. The minimum Gasteiger partial charge on any atom is -0.497 e. The Morgan fingerprint density at radius 1 is 0.971 bits per heavy atom. The van der Waals surface area contributed by atoms with Crippen LogP contribution in [0.1, 0.15) is 26.3 Å². The maximum absolute atomic E-state index is 12.6. The molecule has 4 aromatic rings. The number of para-hydroxylation sites is 1. The van der Waals surface area contributed by atoms with E-state index in [1.54, 1.807) is 13.2 Å². The average molecular weight is 473 g/mol. The Hall–Kier alpha value is -3.58. The molecule has 0 aliphatic carbocycles. The van der Waals surface area contributed by atoms with Crippen molar-refractivity contribution in [1.29, 1.82) is 0 Å². The quantitative estimate of drug-likeness (QED) is 0.336. The fourth-order valence-corrected chi connectivity index (χ4v) is 4.26. The van der Waals surface area contributed by atoms with E-state index < -0.39 is 0 Å². The topological polar surface area (TPSA) is 69.0 Å². The van der Waals surface area contributed by atoms with E-state index in [-0.39, 0.29) is 17.1 Å². The first-order valence-electron chi connectivity index (χ1n) is 11.0. The minimum absolute atomic E-state index is 0.0722. The number of carbonyl (C=O) groups is 1. The van der Waals surface area contributed by atoms with E-state index in [0.717, 1.165) is 17.1 Å². The molecule has 0 atom stereocenters. The van der Waals surface area contributed by atoms with Gasteiger partial charge in [-0.1, -0.05) is 81.1 Å². The second-order valence-electron chi connectivity index (χ2n) is 8.87. The fraction of sp³-hybridized carbons (Fsp3) is 0.222. The first-order chi connectivity index (χ1) is 16.3. The van der Waals surface area contributed by atoms with Crippen molar-refractivity contribution in [2.75, 3.05) is 18.2 Å². The molecule has 0 fully saturated rings. The molecule has 0 unspecified atom stereocenters. The number of thioether (sulfide) groups is 1. The van der Waals surface area contributed by atoms with E-state index in [2.05, 4.69) is 60.6 Å². The summed E-state index contributed by atoms with van der Waals surface area (Å²) in [6.07, 6.45) is 0. The summed E-state index contributed by atoms with van der Waals surface area (Å²) >= 11 is 1.35. The molecule has 0 aliphatic rings. The van der Waals surface area contributed by atoms with Crippen LogP contribution < -0.4 is 10.1 Å². The Bertz CT molecular complexity index is 1260. The maximum atomic E-state index is 12.6. The van der Waals surface area contributed by atoms with Gasteiger partial charge in [0, 0.05) is 23.0 Å². The normalized spacial score (nSPS) is 11.3. The molecule has 4 rings (SSSR count). The standard InChI is InChI=1S/C27H28N4O2S/c1-27(2,3)20-15-13-19(14-16-20)25-29-30-26(31(25)22-10-6-5-7-11-22)34-18-24(32)28-21-9-8-12-23(17-21)33-4/h5-17H,18H2,1-4H3,(H,28,32). The summed E-state index contributed by atoms with van der Waals surface area (Å²) in [6, 6.07) is 25.7. The highest BCUT2D eigenvalue weighted by Crippen LogP contribution is 2.30. The lowest BCUT2D eigenvalue weighted by Gasteiger charge is -2.19. The Balaban J connectivity index is 1.58. The van der Waals surface area contributed by atoms with Gasteiger partial charge in [0.15, 0.2) is 11.0 Å². The number of hydrogen-bond acceptors (Lipinski definition) is 5. The van der Waals surface area contributed by atoms with Crippen molar-refractivity contribution in [3.05, 3.63) is 84.4 Å². The molecule has 6 nitrogen and oxygen atoms in total. The van der Waals surface area contributed by atoms with Gasteiger partial charge >= 0.3 is 0 Å². The number of methoxy groups -OCH3 is 1. The molecule has 0 aliphatic heterocycles. The Morgan fingerprint density at radius 3 is 2.38 bits per heavy atom. The summed E-state index contributed by atoms with van der Waals surface area (Å²) in [5.74, 6) is 1.50. The predicted octanol–water partition coefficient (Wildman–Crippen LogP) is 5.97. The number of hydrogen-bond donors (Lipinski definition) is 1. The number of ether oxygens (including phenoxy) is 1. The van der Waals surface area contributed by atoms with Crippen LogP contribution >= 0.6 is 11.8 Å². The number of carbonyl (C=O) groups excluding carboxylic acids is 1. The molecule has 7 heteroatoms. The lowest BCUT2D eigenvalue weighted by Crippen LogP contribution is -2.14. The molecule has 0 saturated carbocycles. The number of benzene rings is 3. The van der Waals surface area contributed by atoms with Gasteiger partial charge in [-0.2, -0.15) is 0 Å². The van der Waals surface area contributed by atoms with Gasteiger partial charge < -0.3 is 10.1 Å². The molecule has 0 spiro atoms. The monoisotopic (exact) mass is 472 g/mol. The first-order valence-corrected chi connectivity index (χ1v) is 12.0.